The lowest BCUT2D eigenvalue weighted by Crippen LogP contribution is -2.45. The highest BCUT2D eigenvalue weighted by atomic mass is 35.5. The van der Waals surface area contributed by atoms with Crippen LogP contribution in [0.4, 0.5) is 10.2 Å². The molecule has 0 spiro atoms. The summed E-state index contributed by atoms with van der Waals surface area (Å²) in [5.74, 6) is -0.242. The summed E-state index contributed by atoms with van der Waals surface area (Å²) >= 11 is 5.73. The number of amides is 1. The molecule has 0 saturated carbocycles. The fourth-order valence-corrected chi connectivity index (χ4v) is 3.10. The maximum Gasteiger partial charge on any atom is 0.269 e. The van der Waals surface area contributed by atoms with Crippen LogP contribution in [0.2, 0.25) is 5.02 Å². The Morgan fingerprint density at radius 2 is 2.08 bits per heavy atom. The molecule has 8 heteroatoms. The van der Waals surface area contributed by atoms with Gasteiger partial charge in [-0.05, 0) is 31.9 Å². The average molecular weight is 352 g/mol. The first-order chi connectivity index (χ1) is 11.4. The minimum absolute atomic E-state index is 0.0549. The van der Waals surface area contributed by atoms with Gasteiger partial charge in [0.15, 0.2) is 11.6 Å². The van der Waals surface area contributed by atoms with Gasteiger partial charge in [0.1, 0.15) is 5.69 Å². The Hall–Kier alpha value is -2.15. The molecule has 0 aliphatic carbocycles. The second-order valence-corrected chi connectivity index (χ2v) is 6.42. The monoisotopic (exact) mass is 351 g/mol. The van der Waals surface area contributed by atoms with E-state index in [1.807, 2.05) is 11.8 Å². The Morgan fingerprint density at radius 1 is 1.38 bits per heavy atom. The Kier molecular flexibility index (Phi) is 4.71. The SMILES string of the molecule is Cc1cc(C(=O)NC2CCN(c3ncc(Cl)cc3F)CC2)n(C)n1. The van der Waals surface area contributed by atoms with Crippen molar-refractivity contribution in [3.63, 3.8) is 0 Å². The van der Waals surface area contributed by atoms with E-state index in [0.29, 0.717) is 24.6 Å². The normalized spacial score (nSPS) is 15.6. The molecule has 1 aliphatic rings. The van der Waals surface area contributed by atoms with Gasteiger partial charge in [0.2, 0.25) is 0 Å². The molecule has 24 heavy (non-hydrogen) atoms. The van der Waals surface area contributed by atoms with E-state index in [9.17, 15) is 9.18 Å². The number of carbonyl (C=O) groups excluding carboxylic acids is 1. The fourth-order valence-electron chi connectivity index (χ4n) is 2.96. The van der Waals surface area contributed by atoms with Gasteiger partial charge in [-0.25, -0.2) is 9.37 Å². The molecule has 0 radical (unpaired) electrons. The molecule has 1 saturated heterocycles. The van der Waals surface area contributed by atoms with Crippen molar-refractivity contribution in [1.29, 1.82) is 0 Å². The van der Waals surface area contributed by atoms with Gasteiger partial charge < -0.3 is 10.2 Å². The highest BCUT2D eigenvalue weighted by Crippen LogP contribution is 2.23. The van der Waals surface area contributed by atoms with Gasteiger partial charge in [-0.1, -0.05) is 11.6 Å². The summed E-state index contributed by atoms with van der Waals surface area (Å²) in [5, 5.41) is 7.49. The minimum Gasteiger partial charge on any atom is -0.354 e. The van der Waals surface area contributed by atoms with Gasteiger partial charge in [-0.15, -0.1) is 0 Å². The summed E-state index contributed by atoms with van der Waals surface area (Å²) in [7, 11) is 1.75. The third-order valence-electron chi connectivity index (χ3n) is 4.15. The van der Waals surface area contributed by atoms with Crippen LogP contribution in [0, 0.1) is 12.7 Å². The molecule has 1 N–H and O–H groups in total. The molecule has 1 amide bonds. The Bertz CT molecular complexity index is 755. The van der Waals surface area contributed by atoms with Crippen LogP contribution >= 0.6 is 11.6 Å². The van der Waals surface area contributed by atoms with E-state index in [1.54, 1.807) is 17.8 Å². The summed E-state index contributed by atoms with van der Waals surface area (Å²) < 4.78 is 15.5. The number of piperidine rings is 1. The van der Waals surface area contributed by atoms with Crippen molar-refractivity contribution >= 4 is 23.3 Å². The zero-order chi connectivity index (χ0) is 17.3. The van der Waals surface area contributed by atoms with Crippen molar-refractivity contribution in [1.82, 2.24) is 20.1 Å². The zero-order valence-corrected chi connectivity index (χ0v) is 14.3. The lowest BCUT2D eigenvalue weighted by atomic mass is 10.0. The van der Waals surface area contributed by atoms with Crippen molar-refractivity contribution in [2.45, 2.75) is 25.8 Å². The third kappa shape index (κ3) is 3.51. The molecule has 128 valence electrons. The molecule has 1 fully saturated rings. The molecule has 0 atom stereocenters. The number of aromatic nitrogens is 3. The maximum absolute atomic E-state index is 13.9. The molecule has 0 unspecified atom stereocenters. The van der Waals surface area contributed by atoms with Gasteiger partial charge in [0.25, 0.3) is 5.91 Å². The van der Waals surface area contributed by atoms with E-state index < -0.39 is 5.82 Å². The summed E-state index contributed by atoms with van der Waals surface area (Å²) in [6.45, 7) is 3.10. The molecule has 0 aromatic carbocycles. The van der Waals surface area contributed by atoms with Crippen LogP contribution in [0.25, 0.3) is 0 Å². The van der Waals surface area contributed by atoms with Crippen LogP contribution in [0.5, 0.6) is 0 Å². The van der Waals surface area contributed by atoms with E-state index in [0.717, 1.165) is 18.5 Å². The minimum atomic E-state index is -0.421. The number of nitrogens with one attached hydrogen (secondary N) is 1. The molecule has 2 aromatic rings. The first-order valence-corrected chi connectivity index (χ1v) is 8.19. The number of anilines is 1. The molecule has 0 bridgehead atoms. The average Bonchev–Trinajstić information content (AvgIpc) is 2.87. The first kappa shape index (κ1) is 16.7. The number of aryl methyl sites for hydroxylation is 2. The van der Waals surface area contributed by atoms with Crippen LogP contribution in [0.3, 0.4) is 0 Å². The first-order valence-electron chi connectivity index (χ1n) is 7.81. The Morgan fingerprint density at radius 3 is 2.67 bits per heavy atom. The lowest BCUT2D eigenvalue weighted by Gasteiger charge is -2.33. The van der Waals surface area contributed by atoms with E-state index in [1.165, 1.54) is 12.3 Å². The largest absolute Gasteiger partial charge is 0.354 e. The second kappa shape index (κ2) is 6.76. The molecule has 3 rings (SSSR count). The molecule has 6 nitrogen and oxygen atoms in total. The van der Waals surface area contributed by atoms with E-state index >= 15 is 0 Å². The van der Waals surface area contributed by atoms with Crippen LogP contribution < -0.4 is 10.2 Å². The standard InChI is InChI=1S/C16H19ClFN5O/c1-10-7-14(22(2)21-10)16(24)20-12-3-5-23(6-4-12)15-13(18)8-11(17)9-19-15/h7-9,12H,3-6H2,1-2H3,(H,20,24). The van der Waals surface area contributed by atoms with Crippen LogP contribution in [-0.4, -0.2) is 39.8 Å². The highest BCUT2D eigenvalue weighted by Gasteiger charge is 2.24. The number of pyridine rings is 1. The number of carbonyl (C=O) groups is 1. The number of rotatable bonds is 3. The molecule has 3 heterocycles. The lowest BCUT2D eigenvalue weighted by molar-refractivity contribution is 0.0921. The van der Waals surface area contributed by atoms with Gasteiger partial charge >= 0.3 is 0 Å². The number of nitrogens with zero attached hydrogens (tertiary/aromatic N) is 4. The van der Waals surface area contributed by atoms with Crippen molar-refractivity contribution in [2.75, 3.05) is 18.0 Å². The summed E-state index contributed by atoms with van der Waals surface area (Å²) in [5.41, 5.74) is 1.35. The number of hydrogen-bond acceptors (Lipinski definition) is 4. The summed E-state index contributed by atoms with van der Waals surface area (Å²) in [4.78, 5) is 18.3. The number of hydrogen-bond donors (Lipinski definition) is 1. The van der Waals surface area contributed by atoms with Gasteiger partial charge in [-0.3, -0.25) is 9.48 Å². The van der Waals surface area contributed by atoms with Crippen LogP contribution in [-0.2, 0) is 7.05 Å². The van der Waals surface area contributed by atoms with Crippen molar-refractivity contribution < 1.29 is 9.18 Å². The molecular formula is C16H19ClFN5O. The Labute approximate surface area is 144 Å². The summed E-state index contributed by atoms with van der Waals surface area (Å²) in [6.07, 6.45) is 2.90. The van der Waals surface area contributed by atoms with E-state index in [4.69, 9.17) is 11.6 Å². The summed E-state index contributed by atoms with van der Waals surface area (Å²) in [6, 6.07) is 3.08. The van der Waals surface area contributed by atoms with Crippen molar-refractivity contribution in [3.8, 4) is 0 Å². The van der Waals surface area contributed by atoms with Crippen molar-refractivity contribution in [2.24, 2.45) is 7.05 Å². The predicted molar refractivity (Wildman–Crippen MR) is 89.9 cm³/mol. The van der Waals surface area contributed by atoms with Gasteiger partial charge in [0.05, 0.1) is 10.7 Å². The van der Waals surface area contributed by atoms with Crippen molar-refractivity contribution in [3.05, 3.63) is 40.6 Å². The van der Waals surface area contributed by atoms with Gasteiger partial charge in [-0.2, -0.15) is 5.10 Å². The quantitative estimate of drug-likeness (QED) is 0.921. The zero-order valence-electron chi connectivity index (χ0n) is 13.6. The van der Waals surface area contributed by atoms with E-state index in [-0.39, 0.29) is 17.0 Å². The number of halogens is 2. The smallest absolute Gasteiger partial charge is 0.269 e. The topological polar surface area (TPSA) is 63.1 Å². The second-order valence-electron chi connectivity index (χ2n) is 5.99. The fraction of sp³-hybridized carbons (Fsp3) is 0.438. The van der Waals surface area contributed by atoms with E-state index in [2.05, 4.69) is 15.4 Å². The maximum atomic E-state index is 13.9. The highest BCUT2D eigenvalue weighted by molar-refractivity contribution is 6.30. The van der Waals surface area contributed by atoms with Gasteiger partial charge in [0, 0.05) is 32.4 Å². The Balaban J connectivity index is 1.59. The molecule has 1 aliphatic heterocycles. The molecule has 2 aromatic heterocycles. The molecular weight excluding hydrogens is 333 g/mol. The third-order valence-corrected chi connectivity index (χ3v) is 4.36. The predicted octanol–water partition coefficient (Wildman–Crippen LogP) is 2.31. The van der Waals surface area contributed by atoms with Crippen LogP contribution in [0.15, 0.2) is 18.3 Å². The van der Waals surface area contributed by atoms with Crippen LogP contribution in [0.1, 0.15) is 29.0 Å².